The lowest BCUT2D eigenvalue weighted by atomic mass is 10.2. The number of nitrogens with one attached hydrogen (secondary N) is 3. The Balaban J connectivity index is 1.89. The molecule has 0 unspecified atom stereocenters. The molecule has 16 heavy (non-hydrogen) atoms. The zero-order chi connectivity index (χ0) is 11.0. The summed E-state index contributed by atoms with van der Waals surface area (Å²) in [5, 5.41) is 3.51. The van der Waals surface area contributed by atoms with Crippen molar-refractivity contribution < 1.29 is 0 Å². The maximum absolute atomic E-state index is 11.1. The number of hydrogen-bond acceptors (Lipinski definition) is 2. The van der Waals surface area contributed by atoms with Gasteiger partial charge in [0.2, 0.25) is 0 Å². The van der Waals surface area contributed by atoms with E-state index in [2.05, 4.69) is 15.3 Å². The largest absolute Gasteiger partial charge is 0.382 e. The van der Waals surface area contributed by atoms with E-state index in [4.69, 9.17) is 0 Å². The first-order chi connectivity index (χ1) is 7.81. The second-order valence-electron chi connectivity index (χ2n) is 4.47. The van der Waals surface area contributed by atoms with Gasteiger partial charge >= 0.3 is 5.69 Å². The van der Waals surface area contributed by atoms with Gasteiger partial charge in [-0.15, -0.1) is 0 Å². The smallest absolute Gasteiger partial charge is 0.323 e. The van der Waals surface area contributed by atoms with E-state index in [1.807, 2.05) is 18.2 Å². The van der Waals surface area contributed by atoms with Gasteiger partial charge in [0.05, 0.1) is 11.0 Å². The third kappa shape index (κ3) is 1.71. The van der Waals surface area contributed by atoms with Crippen LogP contribution in [0.25, 0.3) is 11.0 Å². The minimum absolute atomic E-state index is 0.145. The molecule has 4 heteroatoms. The molecule has 1 aliphatic carbocycles. The Labute approximate surface area is 93.1 Å². The summed E-state index contributed by atoms with van der Waals surface area (Å²) < 4.78 is 0. The molecule has 2 aromatic rings. The van der Waals surface area contributed by atoms with Crippen LogP contribution in [-0.2, 0) is 0 Å². The van der Waals surface area contributed by atoms with Gasteiger partial charge in [-0.25, -0.2) is 4.79 Å². The monoisotopic (exact) mass is 217 g/mol. The standard InChI is InChI=1S/C12H15N3O/c16-12-14-10-6-5-9(7-11(10)15-12)13-8-3-1-2-4-8/h5-8,13H,1-4H2,(H2,14,15,16). The molecule has 0 bridgehead atoms. The number of H-pyrrole nitrogens is 2. The SMILES string of the molecule is O=c1[nH]c2ccc(NC3CCCC3)cc2[nH]1. The fraction of sp³-hybridized carbons (Fsp3) is 0.417. The lowest BCUT2D eigenvalue weighted by molar-refractivity contribution is 0.756. The summed E-state index contributed by atoms with van der Waals surface area (Å²) in [6, 6.07) is 6.55. The van der Waals surface area contributed by atoms with Crippen molar-refractivity contribution in [2.75, 3.05) is 5.32 Å². The van der Waals surface area contributed by atoms with E-state index in [0.717, 1.165) is 16.7 Å². The van der Waals surface area contributed by atoms with Gasteiger partial charge in [-0.2, -0.15) is 0 Å². The summed E-state index contributed by atoms with van der Waals surface area (Å²) in [4.78, 5) is 16.6. The number of aromatic nitrogens is 2. The van der Waals surface area contributed by atoms with E-state index < -0.39 is 0 Å². The van der Waals surface area contributed by atoms with Crippen molar-refractivity contribution in [3.05, 3.63) is 28.7 Å². The Kier molecular flexibility index (Phi) is 2.20. The summed E-state index contributed by atoms with van der Waals surface area (Å²) in [6.07, 6.45) is 5.14. The average molecular weight is 217 g/mol. The van der Waals surface area contributed by atoms with Crippen LogP contribution in [0, 0.1) is 0 Å². The maximum atomic E-state index is 11.1. The quantitative estimate of drug-likeness (QED) is 0.722. The molecule has 84 valence electrons. The highest BCUT2D eigenvalue weighted by molar-refractivity contribution is 5.78. The Morgan fingerprint density at radius 2 is 1.88 bits per heavy atom. The highest BCUT2D eigenvalue weighted by Gasteiger charge is 2.14. The van der Waals surface area contributed by atoms with Crippen molar-refractivity contribution in [1.29, 1.82) is 0 Å². The van der Waals surface area contributed by atoms with E-state index >= 15 is 0 Å². The van der Waals surface area contributed by atoms with Crippen molar-refractivity contribution in [3.8, 4) is 0 Å². The Morgan fingerprint density at radius 3 is 2.69 bits per heavy atom. The van der Waals surface area contributed by atoms with Gasteiger partial charge in [0.25, 0.3) is 0 Å². The number of fused-ring (bicyclic) bond motifs is 1. The summed E-state index contributed by atoms with van der Waals surface area (Å²) in [6.45, 7) is 0. The molecular formula is C12H15N3O. The third-order valence-corrected chi connectivity index (χ3v) is 3.24. The topological polar surface area (TPSA) is 60.7 Å². The highest BCUT2D eigenvalue weighted by atomic mass is 16.1. The predicted octanol–water partition coefficient (Wildman–Crippen LogP) is 2.21. The van der Waals surface area contributed by atoms with Gasteiger partial charge in [-0.3, -0.25) is 0 Å². The molecule has 1 saturated carbocycles. The van der Waals surface area contributed by atoms with Crippen LogP contribution in [0.15, 0.2) is 23.0 Å². The van der Waals surface area contributed by atoms with Crippen molar-refractivity contribution in [1.82, 2.24) is 9.97 Å². The fourth-order valence-corrected chi connectivity index (χ4v) is 2.43. The predicted molar refractivity (Wildman–Crippen MR) is 64.8 cm³/mol. The van der Waals surface area contributed by atoms with E-state index in [0.29, 0.717) is 6.04 Å². The molecule has 1 aliphatic rings. The van der Waals surface area contributed by atoms with Crippen LogP contribution >= 0.6 is 0 Å². The number of benzene rings is 1. The first-order valence-electron chi connectivity index (χ1n) is 5.80. The Hall–Kier alpha value is -1.71. The molecular weight excluding hydrogens is 202 g/mol. The lowest BCUT2D eigenvalue weighted by Gasteiger charge is -2.13. The van der Waals surface area contributed by atoms with Gasteiger partial charge in [-0.1, -0.05) is 12.8 Å². The van der Waals surface area contributed by atoms with Crippen LogP contribution in [0.4, 0.5) is 5.69 Å². The third-order valence-electron chi connectivity index (χ3n) is 3.24. The molecule has 4 nitrogen and oxygen atoms in total. The summed E-state index contributed by atoms with van der Waals surface area (Å²) in [5.74, 6) is 0. The van der Waals surface area contributed by atoms with Crippen molar-refractivity contribution >= 4 is 16.7 Å². The summed E-state index contributed by atoms with van der Waals surface area (Å²) in [5.41, 5.74) is 2.68. The van der Waals surface area contributed by atoms with Crippen molar-refractivity contribution in [2.24, 2.45) is 0 Å². The number of aromatic amines is 2. The van der Waals surface area contributed by atoms with E-state index in [9.17, 15) is 4.79 Å². The zero-order valence-corrected chi connectivity index (χ0v) is 9.05. The van der Waals surface area contributed by atoms with Gasteiger partial charge in [0.1, 0.15) is 0 Å². The van der Waals surface area contributed by atoms with Crippen LogP contribution in [0.1, 0.15) is 25.7 Å². The van der Waals surface area contributed by atoms with Crippen LogP contribution in [0.2, 0.25) is 0 Å². The lowest BCUT2D eigenvalue weighted by Crippen LogP contribution is -2.14. The fourth-order valence-electron chi connectivity index (χ4n) is 2.43. The van der Waals surface area contributed by atoms with Gasteiger partial charge in [0.15, 0.2) is 0 Å². The number of rotatable bonds is 2. The summed E-state index contributed by atoms with van der Waals surface area (Å²) in [7, 11) is 0. The first-order valence-corrected chi connectivity index (χ1v) is 5.80. The molecule has 1 aromatic carbocycles. The zero-order valence-electron chi connectivity index (χ0n) is 9.05. The number of imidazole rings is 1. The molecule has 0 radical (unpaired) electrons. The van der Waals surface area contributed by atoms with E-state index in [1.165, 1.54) is 25.7 Å². The average Bonchev–Trinajstić information content (AvgIpc) is 2.85. The minimum atomic E-state index is -0.145. The molecule has 0 aliphatic heterocycles. The molecule has 1 aromatic heterocycles. The van der Waals surface area contributed by atoms with Gasteiger partial charge in [0, 0.05) is 11.7 Å². The molecule has 0 atom stereocenters. The highest BCUT2D eigenvalue weighted by Crippen LogP contribution is 2.23. The first kappa shape index (κ1) is 9.51. The number of hydrogen-bond donors (Lipinski definition) is 3. The molecule has 0 amide bonds. The molecule has 3 N–H and O–H groups in total. The van der Waals surface area contributed by atoms with Crippen molar-refractivity contribution in [2.45, 2.75) is 31.7 Å². The molecule has 1 heterocycles. The Morgan fingerprint density at radius 1 is 1.12 bits per heavy atom. The number of anilines is 1. The van der Waals surface area contributed by atoms with Gasteiger partial charge < -0.3 is 15.3 Å². The maximum Gasteiger partial charge on any atom is 0.323 e. The second kappa shape index (κ2) is 3.70. The van der Waals surface area contributed by atoms with Crippen LogP contribution in [0.5, 0.6) is 0 Å². The normalized spacial score (nSPS) is 17.0. The van der Waals surface area contributed by atoms with Crippen LogP contribution < -0.4 is 11.0 Å². The minimum Gasteiger partial charge on any atom is -0.382 e. The van der Waals surface area contributed by atoms with Crippen LogP contribution in [-0.4, -0.2) is 16.0 Å². The van der Waals surface area contributed by atoms with Crippen molar-refractivity contribution in [3.63, 3.8) is 0 Å². The molecule has 3 rings (SSSR count). The Bertz CT molecular complexity index is 549. The van der Waals surface area contributed by atoms with E-state index in [-0.39, 0.29) is 5.69 Å². The van der Waals surface area contributed by atoms with E-state index in [1.54, 1.807) is 0 Å². The summed E-state index contributed by atoms with van der Waals surface area (Å²) >= 11 is 0. The second-order valence-corrected chi connectivity index (χ2v) is 4.47. The van der Waals surface area contributed by atoms with Gasteiger partial charge in [-0.05, 0) is 31.0 Å². The molecule has 0 spiro atoms. The van der Waals surface area contributed by atoms with Crippen LogP contribution in [0.3, 0.4) is 0 Å². The molecule has 1 fully saturated rings. The molecule has 0 saturated heterocycles.